The van der Waals surface area contributed by atoms with Crippen molar-refractivity contribution in [2.24, 2.45) is 5.92 Å². The van der Waals surface area contributed by atoms with Gasteiger partial charge in [-0.2, -0.15) is 0 Å². The molecule has 0 radical (unpaired) electrons. The van der Waals surface area contributed by atoms with Crippen molar-refractivity contribution in [2.75, 3.05) is 26.2 Å². The number of carbonyl (C=O) groups excluding carboxylic acids is 1. The number of halogens is 2. The fourth-order valence-electron chi connectivity index (χ4n) is 3.91. The Morgan fingerprint density at radius 3 is 2.25 bits per heavy atom. The third-order valence-corrected chi connectivity index (χ3v) is 4.87. The van der Waals surface area contributed by atoms with E-state index < -0.39 is 0 Å². The molecule has 1 atom stereocenters. The highest BCUT2D eigenvalue weighted by Crippen LogP contribution is 2.40. The van der Waals surface area contributed by atoms with Gasteiger partial charge in [0.1, 0.15) is 5.75 Å². The molecule has 1 saturated heterocycles. The van der Waals surface area contributed by atoms with Crippen LogP contribution in [0.15, 0.2) is 24.3 Å². The lowest BCUT2D eigenvalue weighted by Crippen LogP contribution is -2.46. The van der Waals surface area contributed by atoms with Crippen LogP contribution in [-0.4, -0.2) is 37.0 Å². The summed E-state index contributed by atoms with van der Waals surface area (Å²) in [5, 5.41) is 3.44. The molecule has 1 heterocycles. The lowest BCUT2D eigenvalue weighted by molar-refractivity contribution is -0.131. The van der Waals surface area contributed by atoms with Crippen LogP contribution in [0.25, 0.3) is 0 Å². The molecule has 0 unspecified atom stereocenters. The molecule has 1 N–H and O–H groups in total. The number of benzene rings is 1. The fraction of sp³-hybridized carbons (Fsp3) is 0.611. The number of piperazine rings is 1. The van der Waals surface area contributed by atoms with Gasteiger partial charge in [-0.3, -0.25) is 9.69 Å². The molecule has 0 aromatic heterocycles. The molecule has 2 aliphatic rings. The zero-order valence-electron chi connectivity index (χ0n) is 14.2. The number of nitrogens with one attached hydrogen (secondary N) is 1. The molecule has 0 spiro atoms. The number of carbonyl (C=O) groups is 1. The van der Waals surface area contributed by atoms with Crippen LogP contribution in [0.1, 0.15) is 44.2 Å². The molecule has 2 fully saturated rings. The van der Waals surface area contributed by atoms with Crippen molar-refractivity contribution in [3.05, 3.63) is 29.8 Å². The summed E-state index contributed by atoms with van der Waals surface area (Å²) in [7, 11) is 0. The molecule has 0 bridgehead atoms. The van der Waals surface area contributed by atoms with Crippen LogP contribution >= 0.6 is 24.8 Å². The van der Waals surface area contributed by atoms with E-state index in [1.54, 1.807) is 0 Å². The van der Waals surface area contributed by atoms with Crippen molar-refractivity contribution in [2.45, 2.75) is 38.6 Å². The van der Waals surface area contributed by atoms with E-state index in [2.05, 4.69) is 22.3 Å². The maximum atomic E-state index is 11.1. The van der Waals surface area contributed by atoms with E-state index >= 15 is 0 Å². The molecule has 24 heavy (non-hydrogen) atoms. The van der Waals surface area contributed by atoms with Crippen LogP contribution < -0.4 is 10.1 Å². The van der Waals surface area contributed by atoms with Crippen molar-refractivity contribution < 1.29 is 9.53 Å². The summed E-state index contributed by atoms with van der Waals surface area (Å²) in [6.07, 6.45) is 5.39. The second-order valence-corrected chi connectivity index (χ2v) is 6.44. The van der Waals surface area contributed by atoms with Crippen molar-refractivity contribution >= 4 is 30.8 Å². The zero-order valence-corrected chi connectivity index (χ0v) is 15.8. The molecular formula is C18H28Cl2N2O2. The van der Waals surface area contributed by atoms with Crippen LogP contribution in [0.4, 0.5) is 0 Å². The van der Waals surface area contributed by atoms with Crippen molar-refractivity contribution in [3.63, 3.8) is 0 Å². The van der Waals surface area contributed by atoms with E-state index in [1.165, 1.54) is 38.2 Å². The largest absolute Gasteiger partial charge is 0.427 e. The van der Waals surface area contributed by atoms with Crippen LogP contribution in [-0.2, 0) is 4.79 Å². The molecule has 136 valence electrons. The SMILES string of the molecule is CC(=O)Oc1ccc([C@H](C2CCCC2)N2CCNCC2)cc1.Cl.Cl. The van der Waals surface area contributed by atoms with E-state index in [9.17, 15) is 4.79 Å². The number of nitrogens with zero attached hydrogens (tertiary/aromatic N) is 1. The highest BCUT2D eigenvalue weighted by atomic mass is 35.5. The Morgan fingerprint density at radius 2 is 1.71 bits per heavy atom. The van der Waals surface area contributed by atoms with E-state index in [4.69, 9.17) is 4.74 Å². The average Bonchev–Trinajstić information content (AvgIpc) is 3.04. The van der Waals surface area contributed by atoms with Gasteiger partial charge in [-0.15, -0.1) is 24.8 Å². The van der Waals surface area contributed by atoms with E-state index in [0.717, 1.165) is 32.1 Å². The molecule has 1 aliphatic heterocycles. The quantitative estimate of drug-likeness (QED) is 0.645. The topological polar surface area (TPSA) is 41.6 Å². The number of esters is 1. The second-order valence-electron chi connectivity index (χ2n) is 6.44. The summed E-state index contributed by atoms with van der Waals surface area (Å²) >= 11 is 0. The van der Waals surface area contributed by atoms with Crippen LogP contribution in [0.2, 0.25) is 0 Å². The molecule has 1 aromatic rings. The smallest absolute Gasteiger partial charge is 0.308 e. The second kappa shape index (κ2) is 10.2. The number of ether oxygens (including phenoxy) is 1. The van der Waals surface area contributed by atoms with E-state index in [-0.39, 0.29) is 30.8 Å². The van der Waals surface area contributed by atoms with Gasteiger partial charge in [0.2, 0.25) is 0 Å². The predicted molar refractivity (Wildman–Crippen MR) is 101 cm³/mol. The zero-order chi connectivity index (χ0) is 15.4. The minimum Gasteiger partial charge on any atom is -0.427 e. The Kier molecular flexibility index (Phi) is 9.06. The van der Waals surface area contributed by atoms with Crippen LogP contribution in [0, 0.1) is 5.92 Å². The van der Waals surface area contributed by atoms with E-state index in [0.29, 0.717) is 11.8 Å². The highest BCUT2D eigenvalue weighted by molar-refractivity contribution is 5.85. The molecule has 1 saturated carbocycles. The lowest BCUT2D eigenvalue weighted by atomic mass is 9.89. The van der Waals surface area contributed by atoms with Gasteiger partial charge in [0.25, 0.3) is 0 Å². The van der Waals surface area contributed by atoms with E-state index in [1.807, 2.05) is 12.1 Å². The van der Waals surface area contributed by atoms with Gasteiger partial charge in [0.05, 0.1) is 0 Å². The van der Waals surface area contributed by atoms with Gasteiger partial charge in [-0.1, -0.05) is 25.0 Å². The van der Waals surface area contributed by atoms with Crippen molar-refractivity contribution in [1.82, 2.24) is 10.2 Å². The first kappa shape index (κ1) is 21.2. The molecule has 1 aliphatic carbocycles. The van der Waals surface area contributed by atoms with Crippen molar-refractivity contribution in [1.29, 1.82) is 0 Å². The Bertz CT molecular complexity index is 498. The van der Waals surface area contributed by atoms with Gasteiger partial charge in [0.15, 0.2) is 0 Å². The summed E-state index contributed by atoms with van der Waals surface area (Å²) < 4.78 is 5.16. The summed E-state index contributed by atoms with van der Waals surface area (Å²) in [4.78, 5) is 13.7. The Balaban J connectivity index is 0.00000144. The molecular weight excluding hydrogens is 347 g/mol. The first-order chi connectivity index (χ1) is 10.7. The summed E-state index contributed by atoms with van der Waals surface area (Å²) in [6, 6.07) is 8.66. The third-order valence-electron chi connectivity index (χ3n) is 4.87. The minimum absolute atomic E-state index is 0. The summed E-state index contributed by atoms with van der Waals surface area (Å²) in [5.41, 5.74) is 1.37. The molecule has 4 nitrogen and oxygen atoms in total. The third kappa shape index (κ3) is 5.35. The molecule has 0 amide bonds. The standard InChI is InChI=1S/C18H26N2O2.2ClH/c1-14(21)22-17-8-6-16(7-9-17)18(15-4-2-3-5-15)20-12-10-19-11-13-20;;/h6-9,15,18-19H,2-5,10-13H2,1H3;2*1H/t18-;;/m0../s1. The van der Waals surface area contributed by atoms with Crippen molar-refractivity contribution in [3.8, 4) is 5.75 Å². The first-order valence-corrected chi connectivity index (χ1v) is 8.47. The molecule has 3 rings (SSSR count). The highest BCUT2D eigenvalue weighted by Gasteiger charge is 2.31. The minimum atomic E-state index is -0.262. The van der Waals surface area contributed by atoms with Gasteiger partial charge in [-0.25, -0.2) is 0 Å². The summed E-state index contributed by atoms with van der Waals surface area (Å²) in [5.74, 6) is 1.14. The molecule has 6 heteroatoms. The molecule has 1 aromatic carbocycles. The lowest BCUT2D eigenvalue weighted by Gasteiger charge is -2.38. The predicted octanol–water partition coefficient (Wildman–Crippen LogP) is 3.59. The normalized spacial score (nSPS) is 19.9. The van der Waals surface area contributed by atoms with Crippen LogP contribution in [0.5, 0.6) is 5.75 Å². The Hall–Kier alpha value is -0.810. The fourth-order valence-corrected chi connectivity index (χ4v) is 3.91. The average molecular weight is 375 g/mol. The Labute approximate surface area is 157 Å². The van der Waals surface area contributed by atoms with Gasteiger partial charge >= 0.3 is 5.97 Å². The maximum Gasteiger partial charge on any atom is 0.308 e. The summed E-state index contributed by atoms with van der Waals surface area (Å²) in [6.45, 7) is 5.83. The van der Waals surface area contributed by atoms with Gasteiger partial charge in [0, 0.05) is 39.1 Å². The van der Waals surface area contributed by atoms with Crippen LogP contribution in [0.3, 0.4) is 0 Å². The number of hydrogen-bond donors (Lipinski definition) is 1. The monoisotopic (exact) mass is 374 g/mol. The number of hydrogen-bond acceptors (Lipinski definition) is 4. The Morgan fingerprint density at radius 1 is 1.12 bits per heavy atom. The number of rotatable bonds is 4. The maximum absolute atomic E-state index is 11.1. The first-order valence-electron chi connectivity index (χ1n) is 8.47. The van der Waals surface area contributed by atoms with Gasteiger partial charge < -0.3 is 10.1 Å². The van der Waals surface area contributed by atoms with Gasteiger partial charge in [-0.05, 0) is 36.5 Å².